The van der Waals surface area contributed by atoms with Gasteiger partial charge in [-0.15, -0.1) is 0 Å². The number of hydrogen-bond donors (Lipinski definition) is 0. The molecule has 0 amide bonds. The Kier molecular flexibility index (Phi) is 13.3. The second kappa shape index (κ2) is 12.4. The summed E-state index contributed by atoms with van der Waals surface area (Å²) in [5.41, 5.74) is -1.21. The smallest absolute Gasteiger partial charge is 0.618 e. The zero-order valence-electron chi connectivity index (χ0n) is 12.2. The zero-order chi connectivity index (χ0) is 16.7. The van der Waals surface area contributed by atoms with Gasteiger partial charge in [-0.25, -0.2) is 4.98 Å². The van der Waals surface area contributed by atoms with Gasteiger partial charge in [0.05, 0.1) is 23.3 Å². The molecule has 11 nitrogen and oxygen atoms in total. The first-order chi connectivity index (χ1) is 10.3. The van der Waals surface area contributed by atoms with Crippen LogP contribution in [-0.4, -0.2) is 28.4 Å². The van der Waals surface area contributed by atoms with Crippen molar-refractivity contribution in [3.63, 3.8) is 0 Å². The normalized spacial score (nSPS) is 8.16. The molecule has 0 fully saturated rings. The predicted molar refractivity (Wildman–Crippen MR) is 71.1 cm³/mol. The summed E-state index contributed by atoms with van der Waals surface area (Å²) in [5.74, 6) is -4.49. The molecule has 0 aromatic carbocycles. The first-order valence-electron chi connectivity index (χ1n) is 5.62. The van der Waals surface area contributed by atoms with Gasteiger partial charge in [-0.1, -0.05) is 6.07 Å². The molecule has 25 heavy (non-hydrogen) atoms. The van der Waals surface area contributed by atoms with Crippen LogP contribution in [0.1, 0.15) is 31.5 Å². The summed E-state index contributed by atoms with van der Waals surface area (Å²) >= 11 is 0. The standard InChI is InChI=1S/C7H5NO4.C6H5NO3.Fe.2H2O/c9-6(10)4-2-1-3-5(8-4)7(11)12;8-6(9)5-3-1-2-4-7(5)10;;;/h1-3H,(H,9,10)(H,11,12);1-4H,(H,8,9);;2*1H2/q;;+3;;/p-2. The summed E-state index contributed by atoms with van der Waals surface area (Å²) in [7, 11) is 0. The van der Waals surface area contributed by atoms with E-state index in [-0.39, 0.29) is 38.4 Å². The molecule has 0 atom stereocenters. The molecular weight excluding hydrogens is 384 g/mol. The number of carboxylic acids is 3. The third kappa shape index (κ3) is 8.39. The monoisotopic (exact) mass is 396 g/mol. The molecule has 0 aliphatic rings. The average molecular weight is 396 g/mol. The predicted octanol–water partition coefficient (Wildman–Crippen LogP) is -5.26. The molecule has 0 saturated heterocycles. The van der Waals surface area contributed by atoms with Crippen LogP contribution in [0.5, 0.6) is 0 Å². The topological polar surface area (TPSA) is 225 Å². The van der Waals surface area contributed by atoms with Gasteiger partial charge in [0.2, 0.25) is 5.69 Å². The number of carbonyl (C=O) groups is 3. The van der Waals surface area contributed by atoms with Gasteiger partial charge in [0.1, 0.15) is 5.97 Å². The number of aromatic carboxylic acids is 3. The van der Waals surface area contributed by atoms with Crippen molar-refractivity contribution in [2.24, 2.45) is 0 Å². The van der Waals surface area contributed by atoms with E-state index in [0.717, 1.165) is 18.3 Å². The first kappa shape index (κ1) is 26.8. The number of nitrogens with zero attached hydrogens (tertiary/aromatic N) is 2. The average Bonchev–Trinajstić information content (AvgIpc) is 2.48. The summed E-state index contributed by atoms with van der Waals surface area (Å²) in [6, 6.07) is 7.62. The Balaban J connectivity index is -0.000000350. The zero-order valence-corrected chi connectivity index (χ0v) is 13.3. The summed E-state index contributed by atoms with van der Waals surface area (Å²) in [5, 5.41) is 41.0. The van der Waals surface area contributed by atoms with Crippen LogP contribution in [0.4, 0.5) is 0 Å². The molecule has 0 aliphatic heterocycles. The SMILES string of the molecule is O.O=C([O-])c1cccc(C(=O)[O-])n1.O=C([O-])c1cccc[n+]1[O-].[Fe+3].[OH3+]. The van der Waals surface area contributed by atoms with Crippen LogP contribution >= 0.6 is 0 Å². The minimum Gasteiger partial charge on any atom is -0.618 e. The molecule has 2 heterocycles. The maximum Gasteiger partial charge on any atom is 3.00 e. The van der Waals surface area contributed by atoms with Gasteiger partial charge in [0, 0.05) is 12.1 Å². The largest absolute Gasteiger partial charge is 3.00 e. The minimum absolute atomic E-state index is 0. The maximum absolute atomic E-state index is 10.6. The molecule has 5 N–H and O–H groups in total. The van der Waals surface area contributed by atoms with E-state index in [1.807, 2.05) is 0 Å². The molecule has 2 aromatic heterocycles. The van der Waals surface area contributed by atoms with Crippen molar-refractivity contribution >= 4 is 17.9 Å². The Morgan fingerprint density at radius 2 is 1.32 bits per heavy atom. The van der Waals surface area contributed by atoms with Crippen molar-refractivity contribution in [2.45, 2.75) is 0 Å². The van der Waals surface area contributed by atoms with Crippen LogP contribution in [0, 0.1) is 5.21 Å². The van der Waals surface area contributed by atoms with Gasteiger partial charge in [-0.05, 0) is 18.2 Å². The van der Waals surface area contributed by atoms with Crippen molar-refractivity contribution in [1.82, 2.24) is 4.98 Å². The Bertz CT molecular complexity index is 695. The number of hydrogen-bond acceptors (Lipinski definition) is 8. The van der Waals surface area contributed by atoms with E-state index in [9.17, 15) is 34.9 Å². The van der Waals surface area contributed by atoms with Crippen LogP contribution in [-0.2, 0) is 22.5 Å². The summed E-state index contributed by atoms with van der Waals surface area (Å²) in [4.78, 5) is 33.7. The van der Waals surface area contributed by atoms with Gasteiger partial charge >= 0.3 is 17.1 Å². The second-order valence-electron chi connectivity index (χ2n) is 3.68. The second-order valence-corrected chi connectivity index (χ2v) is 3.68. The summed E-state index contributed by atoms with van der Waals surface area (Å²) in [6.07, 6.45) is 1.10. The Labute approximate surface area is 150 Å². The van der Waals surface area contributed by atoms with Crippen molar-refractivity contribution < 1.29 is 62.5 Å². The molecule has 2 aromatic rings. The van der Waals surface area contributed by atoms with E-state index < -0.39 is 29.3 Å². The van der Waals surface area contributed by atoms with Gasteiger partial charge < -0.3 is 45.9 Å². The fourth-order valence-electron chi connectivity index (χ4n) is 1.25. The van der Waals surface area contributed by atoms with Gasteiger partial charge in [-0.3, -0.25) is 0 Å². The quantitative estimate of drug-likeness (QED) is 0.210. The van der Waals surface area contributed by atoms with Crippen LogP contribution in [0.3, 0.4) is 0 Å². The Morgan fingerprint density at radius 1 is 0.840 bits per heavy atom. The number of aromatic nitrogens is 2. The van der Waals surface area contributed by atoms with Crippen molar-refractivity contribution in [2.75, 3.05) is 0 Å². The van der Waals surface area contributed by atoms with E-state index in [2.05, 4.69) is 4.98 Å². The Morgan fingerprint density at radius 3 is 1.64 bits per heavy atom. The number of pyridine rings is 2. The molecule has 2 rings (SSSR count). The third-order valence-electron chi connectivity index (χ3n) is 2.20. The van der Waals surface area contributed by atoms with Crippen LogP contribution in [0.2, 0.25) is 0 Å². The minimum atomic E-state index is -1.52. The van der Waals surface area contributed by atoms with Gasteiger partial charge in [0.15, 0.2) is 6.20 Å². The van der Waals surface area contributed by atoms with E-state index in [0.29, 0.717) is 0 Å². The fourth-order valence-corrected chi connectivity index (χ4v) is 1.25. The maximum atomic E-state index is 10.6. The molecule has 135 valence electrons. The molecule has 12 heteroatoms. The van der Waals surface area contributed by atoms with E-state index in [1.165, 1.54) is 24.3 Å². The van der Waals surface area contributed by atoms with E-state index >= 15 is 0 Å². The molecule has 1 radical (unpaired) electrons. The molecule has 0 bridgehead atoms. The molecule has 0 unspecified atom stereocenters. The summed E-state index contributed by atoms with van der Waals surface area (Å²) < 4.78 is 0.245. The van der Waals surface area contributed by atoms with Gasteiger partial charge in [-0.2, -0.15) is 4.73 Å². The molecule has 0 saturated carbocycles. The number of carboxylic acid groups (broad SMARTS) is 3. The van der Waals surface area contributed by atoms with Crippen molar-refractivity contribution in [1.29, 1.82) is 0 Å². The van der Waals surface area contributed by atoms with Crippen LogP contribution in [0.25, 0.3) is 0 Å². The summed E-state index contributed by atoms with van der Waals surface area (Å²) in [6.45, 7) is 0. The Hall–Kier alpha value is -3.05. The number of rotatable bonds is 3. The molecular formula is C13H12FeN2O9+. The molecule has 0 spiro atoms. The van der Waals surface area contributed by atoms with Crippen molar-refractivity contribution in [3.05, 3.63) is 64.9 Å². The van der Waals surface area contributed by atoms with Crippen LogP contribution < -0.4 is 20.0 Å². The first-order valence-corrected chi connectivity index (χ1v) is 5.62. The third-order valence-corrected chi connectivity index (χ3v) is 2.20. The van der Waals surface area contributed by atoms with E-state index in [4.69, 9.17) is 0 Å². The molecule has 0 aliphatic carbocycles. The van der Waals surface area contributed by atoms with E-state index in [1.54, 1.807) is 0 Å². The number of carbonyl (C=O) groups excluding carboxylic acids is 3. The van der Waals surface area contributed by atoms with Crippen molar-refractivity contribution in [3.8, 4) is 0 Å². The van der Waals surface area contributed by atoms with Gasteiger partial charge in [0.25, 0.3) is 0 Å². The van der Waals surface area contributed by atoms with Crippen LogP contribution in [0.15, 0.2) is 42.6 Å². The fraction of sp³-hybridized carbons (Fsp3) is 0.